The summed E-state index contributed by atoms with van der Waals surface area (Å²) in [6.45, 7) is 0. The summed E-state index contributed by atoms with van der Waals surface area (Å²) in [5.41, 5.74) is 1.38. The van der Waals surface area contributed by atoms with Gasteiger partial charge in [-0.2, -0.15) is 0 Å². The number of rotatable bonds is 4. The molecule has 4 aromatic carbocycles. The molecular weight excluding hydrogens is 795 g/mol. The molecule has 0 atom stereocenters. The summed E-state index contributed by atoms with van der Waals surface area (Å²) in [5.74, 6) is 0.509. The van der Waals surface area contributed by atoms with E-state index in [9.17, 15) is 8.78 Å². The van der Waals surface area contributed by atoms with Crippen LogP contribution in [0, 0.1) is 22.6 Å². The minimum Gasteiger partial charge on any atom is -0.497 e. The zero-order valence-electron chi connectivity index (χ0n) is 20.9. The van der Waals surface area contributed by atoms with Crippen molar-refractivity contribution < 1.29 is 28.3 Å². The van der Waals surface area contributed by atoms with Gasteiger partial charge in [-0.15, -0.1) is 0 Å². The van der Waals surface area contributed by atoms with E-state index < -0.39 is 7.12 Å². The standard InChI is InChI=1S/C13H9BrClFO.C7H8BClO3.C6H3BrFI.CH3/c1-17-13-5-3-9(15)7-11(13)10-4-2-8(14)6-12(10)16;1-12-7-3-2-5(9)4-6(7)8(10)11;7-4-1-2-6(9)5(8)3-4;/h2-7H,1H3;2-4,10-11H,1H3;1-3H;1H3/q;;;-1. The Labute approximate surface area is 267 Å². The van der Waals surface area contributed by atoms with Crippen LogP contribution in [-0.4, -0.2) is 31.4 Å². The fraction of sp³-hybridized carbons (Fsp3) is 0.0741. The Hall–Kier alpha value is -1.41. The zero-order chi connectivity index (χ0) is 28.4. The van der Waals surface area contributed by atoms with E-state index in [0.717, 1.165) is 4.47 Å². The van der Waals surface area contributed by atoms with E-state index in [1.165, 1.54) is 25.3 Å². The minimum atomic E-state index is -1.56. The predicted octanol–water partition coefficient (Wildman–Crippen LogP) is 8.59. The van der Waals surface area contributed by atoms with Gasteiger partial charge in [0.2, 0.25) is 0 Å². The van der Waals surface area contributed by atoms with Crippen molar-refractivity contribution in [3.05, 3.63) is 114 Å². The van der Waals surface area contributed by atoms with E-state index >= 15 is 0 Å². The topological polar surface area (TPSA) is 58.9 Å². The van der Waals surface area contributed by atoms with Crippen molar-refractivity contribution in [2.75, 3.05) is 14.2 Å². The Morgan fingerprint density at radius 2 is 1.23 bits per heavy atom. The average molecular weight is 818 g/mol. The lowest BCUT2D eigenvalue weighted by Crippen LogP contribution is -2.31. The van der Waals surface area contributed by atoms with E-state index in [1.54, 1.807) is 55.6 Å². The Kier molecular flexibility index (Phi) is 15.9. The first-order chi connectivity index (χ1) is 18.0. The van der Waals surface area contributed by atoms with Gasteiger partial charge in [0, 0.05) is 39.2 Å². The van der Waals surface area contributed by atoms with E-state index in [-0.39, 0.29) is 24.5 Å². The van der Waals surface area contributed by atoms with Crippen LogP contribution in [0.3, 0.4) is 0 Å². The third kappa shape index (κ3) is 11.2. The van der Waals surface area contributed by atoms with E-state index in [1.807, 2.05) is 28.7 Å². The Bertz CT molecular complexity index is 1380. The molecule has 4 nitrogen and oxygen atoms in total. The highest BCUT2D eigenvalue weighted by atomic mass is 127. The maximum absolute atomic E-state index is 13.9. The monoisotopic (exact) mass is 815 g/mol. The van der Waals surface area contributed by atoms with Crippen molar-refractivity contribution in [3.63, 3.8) is 0 Å². The molecule has 2 N–H and O–H groups in total. The van der Waals surface area contributed by atoms with Crippen LogP contribution in [0.5, 0.6) is 11.5 Å². The molecule has 39 heavy (non-hydrogen) atoms. The molecule has 0 spiro atoms. The van der Waals surface area contributed by atoms with Crippen molar-refractivity contribution in [2.45, 2.75) is 0 Å². The molecule has 0 aliphatic carbocycles. The largest absolute Gasteiger partial charge is 0.497 e. The first kappa shape index (κ1) is 35.6. The molecular formula is C27H23BBr2Cl2F2IO4-. The lowest BCUT2D eigenvalue weighted by molar-refractivity contribution is 0.403. The van der Waals surface area contributed by atoms with Gasteiger partial charge in [-0.25, -0.2) is 8.78 Å². The summed E-state index contributed by atoms with van der Waals surface area (Å²) in [4.78, 5) is 0. The van der Waals surface area contributed by atoms with Crippen molar-refractivity contribution in [1.29, 1.82) is 0 Å². The summed E-state index contributed by atoms with van der Waals surface area (Å²) in [7, 11) is 1.44. The number of hydrogen-bond acceptors (Lipinski definition) is 4. The quantitative estimate of drug-likeness (QED) is 0.0939. The van der Waals surface area contributed by atoms with E-state index in [2.05, 4.69) is 31.9 Å². The molecule has 0 saturated heterocycles. The Balaban J connectivity index is 0.000000305. The van der Waals surface area contributed by atoms with Gasteiger partial charge in [0.25, 0.3) is 0 Å². The summed E-state index contributed by atoms with van der Waals surface area (Å²) >= 11 is 19.9. The molecule has 4 aromatic rings. The summed E-state index contributed by atoms with van der Waals surface area (Å²) < 4.78 is 38.6. The molecule has 0 radical (unpaired) electrons. The molecule has 0 aliphatic rings. The highest BCUT2D eigenvalue weighted by Crippen LogP contribution is 2.34. The molecule has 0 unspecified atom stereocenters. The average Bonchev–Trinajstić information content (AvgIpc) is 2.87. The Morgan fingerprint density at radius 3 is 1.72 bits per heavy atom. The first-order valence-corrected chi connectivity index (χ1v) is 14.0. The van der Waals surface area contributed by atoms with Gasteiger partial charge in [0.05, 0.1) is 14.2 Å². The smallest absolute Gasteiger partial charge is 0.492 e. The molecule has 0 fully saturated rings. The van der Waals surface area contributed by atoms with Crippen LogP contribution < -0.4 is 14.9 Å². The number of hydrogen-bond donors (Lipinski definition) is 2. The van der Waals surface area contributed by atoms with Crippen molar-refractivity contribution in [3.8, 4) is 22.6 Å². The van der Waals surface area contributed by atoms with Crippen LogP contribution >= 0.6 is 77.7 Å². The van der Waals surface area contributed by atoms with Crippen LogP contribution in [0.4, 0.5) is 8.78 Å². The van der Waals surface area contributed by atoms with Crippen molar-refractivity contribution in [2.24, 2.45) is 0 Å². The fourth-order valence-electron chi connectivity index (χ4n) is 2.98. The van der Waals surface area contributed by atoms with Gasteiger partial charge < -0.3 is 26.9 Å². The first-order valence-electron chi connectivity index (χ1n) is 10.6. The van der Waals surface area contributed by atoms with Crippen LogP contribution in [0.25, 0.3) is 11.1 Å². The minimum absolute atomic E-state index is 0. The normalized spacial score (nSPS) is 9.72. The highest BCUT2D eigenvalue weighted by Gasteiger charge is 2.16. The molecule has 208 valence electrons. The molecule has 4 rings (SSSR count). The second kappa shape index (κ2) is 17.4. The molecule has 12 heteroatoms. The van der Waals surface area contributed by atoms with Crippen molar-refractivity contribution in [1.82, 2.24) is 0 Å². The lowest BCUT2D eigenvalue weighted by Gasteiger charge is -2.10. The van der Waals surface area contributed by atoms with Gasteiger partial charge in [0.1, 0.15) is 23.1 Å². The molecule has 0 amide bonds. The second-order valence-corrected chi connectivity index (χ2v) is 11.2. The van der Waals surface area contributed by atoms with Gasteiger partial charge in [-0.05, 0) is 89.3 Å². The van der Waals surface area contributed by atoms with Crippen LogP contribution in [-0.2, 0) is 0 Å². The summed E-state index contributed by atoms with van der Waals surface area (Å²) in [6.07, 6.45) is 0. The summed E-state index contributed by atoms with van der Waals surface area (Å²) in [6, 6.07) is 19.6. The third-order valence-corrected chi connectivity index (χ3v) is 7.07. The molecule has 0 bridgehead atoms. The number of ether oxygens (including phenoxy) is 2. The van der Waals surface area contributed by atoms with Gasteiger partial charge in [0.15, 0.2) is 0 Å². The highest BCUT2D eigenvalue weighted by molar-refractivity contribution is 14.1. The van der Waals surface area contributed by atoms with Gasteiger partial charge in [-0.3, -0.25) is 0 Å². The Morgan fingerprint density at radius 1 is 0.718 bits per heavy atom. The van der Waals surface area contributed by atoms with E-state index in [0.29, 0.717) is 40.7 Å². The SMILES string of the molecule is COc1ccc(Cl)cc1-c1ccc(Br)cc1F.COc1ccc(Cl)cc1B(O)O.Fc1cc(Br)ccc1I.[CH3-]. The molecule has 0 heterocycles. The number of methoxy groups -OCH3 is 2. The third-order valence-electron chi connectivity index (χ3n) is 4.73. The maximum atomic E-state index is 13.9. The maximum Gasteiger partial charge on any atom is 0.492 e. The van der Waals surface area contributed by atoms with Gasteiger partial charge in [-0.1, -0.05) is 61.1 Å². The fourth-order valence-corrected chi connectivity index (χ4v) is 4.33. The predicted molar refractivity (Wildman–Crippen MR) is 172 cm³/mol. The zero-order valence-corrected chi connectivity index (χ0v) is 27.7. The number of halogens is 7. The molecule has 0 aromatic heterocycles. The van der Waals surface area contributed by atoms with E-state index in [4.69, 9.17) is 42.7 Å². The summed E-state index contributed by atoms with van der Waals surface area (Å²) in [5, 5.41) is 18.7. The molecule has 0 aliphatic heterocycles. The number of benzene rings is 4. The van der Waals surface area contributed by atoms with Crippen molar-refractivity contribution >= 4 is 90.2 Å². The second-order valence-electron chi connectivity index (χ2n) is 7.29. The van der Waals surface area contributed by atoms with Crippen LogP contribution in [0.15, 0.2) is 81.7 Å². The van der Waals surface area contributed by atoms with Crippen LogP contribution in [0.2, 0.25) is 10.0 Å². The lowest BCUT2D eigenvalue weighted by atomic mass is 9.79. The van der Waals surface area contributed by atoms with Gasteiger partial charge >= 0.3 is 7.12 Å². The van der Waals surface area contributed by atoms with Crippen LogP contribution in [0.1, 0.15) is 0 Å². The molecule has 0 saturated carbocycles.